The molecule has 0 fully saturated rings. The number of benzene rings is 1. The Kier molecular flexibility index (Phi) is 2.22. The molecule has 0 spiro atoms. The molecule has 0 aliphatic carbocycles. The van der Waals surface area contributed by atoms with Gasteiger partial charge in [0.05, 0.1) is 16.7 Å². The fourth-order valence-electron chi connectivity index (χ4n) is 1.49. The molecule has 0 amide bonds. The molecular weight excluding hydrogens is 202 g/mol. The van der Waals surface area contributed by atoms with Gasteiger partial charge in [0.2, 0.25) is 6.79 Å². The molecule has 1 aliphatic heterocycles. The van der Waals surface area contributed by atoms with E-state index in [1.54, 1.807) is 6.07 Å². The SMILES string of the molecule is CCc1c(C#N)cc2c(c1Cl)OCO2. The molecule has 0 saturated carbocycles. The fraction of sp³-hybridized carbons (Fsp3) is 0.300. The van der Waals surface area contributed by atoms with Gasteiger partial charge in [-0.1, -0.05) is 18.5 Å². The molecule has 14 heavy (non-hydrogen) atoms. The van der Waals surface area contributed by atoms with Crippen LogP contribution in [0.5, 0.6) is 11.5 Å². The van der Waals surface area contributed by atoms with Crippen LogP contribution in [0, 0.1) is 11.3 Å². The number of rotatable bonds is 1. The van der Waals surface area contributed by atoms with E-state index in [0.717, 1.165) is 5.56 Å². The second-order valence-corrected chi connectivity index (χ2v) is 3.29. The lowest BCUT2D eigenvalue weighted by Gasteiger charge is -2.06. The third-order valence-corrected chi connectivity index (χ3v) is 2.58. The molecule has 2 rings (SSSR count). The molecule has 4 heteroatoms. The van der Waals surface area contributed by atoms with E-state index in [4.69, 9.17) is 26.3 Å². The molecule has 1 aromatic rings. The molecule has 0 N–H and O–H groups in total. The van der Waals surface area contributed by atoms with Gasteiger partial charge in [-0.25, -0.2) is 0 Å². The molecule has 3 nitrogen and oxygen atoms in total. The van der Waals surface area contributed by atoms with Crippen molar-refractivity contribution in [2.45, 2.75) is 13.3 Å². The van der Waals surface area contributed by atoms with E-state index in [9.17, 15) is 0 Å². The highest BCUT2D eigenvalue weighted by Crippen LogP contribution is 2.42. The maximum Gasteiger partial charge on any atom is 0.231 e. The second kappa shape index (κ2) is 3.39. The van der Waals surface area contributed by atoms with E-state index in [-0.39, 0.29) is 6.79 Å². The monoisotopic (exact) mass is 209 g/mol. The van der Waals surface area contributed by atoms with E-state index < -0.39 is 0 Å². The Bertz CT molecular complexity index is 423. The van der Waals surface area contributed by atoms with Crippen molar-refractivity contribution in [2.75, 3.05) is 6.79 Å². The Balaban J connectivity index is 2.67. The number of nitrogens with zero attached hydrogens (tertiary/aromatic N) is 1. The van der Waals surface area contributed by atoms with Crippen LogP contribution in [-0.4, -0.2) is 6.79 Å². The minimum atomic E-state index is 0.174. The summed E-state index contributed by atoms with van der Waals surface area (Å²) in [5, 5.41) is 9.40. The summed E-state index contributed by atoms with van der Waals surface area (Å²) in [6.45, 7) is 2.12. The highest BCUT2D eigenvalue weighted by atomic mass is 35.5. The molecule has 1 aliphatic rings. The molecular formula is C10H8ClNO2. The molecule has 72 valence electrons. The van der Waals surface area contributed by atoms with Crippen LogP contribution < -0.4 is 9.47 Å². The predicted octanol–water partition coefficient (Wildman–Crippen LogP) is 2.50. The Labute approximate surface area is 86.8 Å². The number of fused-ring (bicyclic) bond motifs is 1. The highest BCUT2D eigenvalue weighted by Gasteiger charge is 2.22. The van der Waals surface area contributed by atoms with E-state index in [0.29, 0.717) is 28.5 Å². The Morgan fingerprint density at radius 1 is 1.57 bits per heavy atom. The van der Waals surface area contributed by atoms with Gasteiger partial charge >= 0.3 is 0 Å². The summed E-state index contributed by atoms with van der Waals surface area (Å²) >= 11 is 6.08. The van der Waals surface area contributed by atoms with E-state index in [1.165, 1.54) is 0 Å². The predicted molar refractivity (Wildman–Crippen MR) is 51.7 cm³/mol. The standard InChI is InChI=1S/C10H8ClNO2/c1-2-7-6(4-12)3-8-10(9(7)11)14-5-13-8/h3H,2,5H2,1H3. The van der Waals surface area contributed by atoms with Gasteiger partial charge in [-0.15, -0.1) is 0 Å². The summed E-state index contributed by atoms with van der Waals surface area (Å²) in [7, 11) is 0. The van der Waals surface area contributed by atoms with E-state index >= 15 is 0 Å². The minimum Gasteiger partial charge on any atom is -0.453 e. The maximum atomic E-state index is 8.90. The fourth-order valence-corrected chi connectivity index (χ4v) is 1.87. The van der Waals surface area contributed by atoms with Gasteiger partial charge in [0.25, 0.3) is 0 Å². The van der Waals surface area contributed by atoms with Gasteiger partial charge in [0.15, 0.2) is 11.5 Å². The van der Waals surface area contributed by atoms with Crippen molar-refractivity contribution in [1.29, 1.82) is 5.26 Å². The lowest BCUT2D eigenvalue weighted by atomic mass is 10.1. The van der Waals surface area contributed by atoms with Crippen molar-refractivity contribution in [2.24, 2.45) is 0 Å². The largest absolute Gasteiger partial charge is 0.453 e. The summed E-state index contributed by atoms with van der Waals surface area (Å²) in [6, 6.07) is 3.77. The number of hydrogen-bond acceptors (Lipinski definition) is 3. The van der Waals surface area contributed by atoms with Crippen molar-refractivity contribution in [3.63, 3.8) is 0 Å². The van der Waals surface area contributed by atoms with Gasteiger partial charge in [-0.05, 0) is 12.0 Å². The summed E-state index contributed by atoms with van der Waals surface area (Å²) in [6.07, 6.45) is 0.707. The smallest absolute Gasteiger partial charge is 0.231 e. The third-order valence-electron chi connectivity index (χ3n) is 2.18. The summed E-state index contributed by atoms with van der Waals surface area (Å²) in [5.74, 6) is 1.12. The Morgan fingerprint density at radius 3 is 3.00 bits per heavy atom. The molecule has 0 atom stereocenters. The first kappa shape index (κ1) is 9.17. The molecule has 0 saturated heterocycles. The zero-order chi connectivity index (χ0) is 10.1. The Morgan fingerprint density at radius 2 is 2.36 bits per heavy atom. The quantitative estimate of drug-likeness (QED) is 0.714. The minimum absolute atomic E-state index is 0.174. The van der Waals surface area contributed by atoms with Crippen LogP contribution in [0.15, 0.2) is 6.07 Å². The summed E-state index contributed by atoms with van der Waals surface area (Å²) in [5.41, 5.74) is 1.38. The third kappa shape index (κ3) is 1.19. The lowest BCUT2D eigenvalue weighted by molar-refractivity contribution is 0.174. The number of hydrogen-bond donors (Lipinski definition) is 0. The number of ether oxygens (including phenoxy) is 2. The normalized spacial score (nSPS) is 12.6. The van der Waals surface area contributed by atoms with Crippen LogP contribution in [0.2, 0.25) is 5.02 Å². The van der Waals surface area contributed by atoms with Crippen molar-refractivity contribution in [3.05, 3.63) is 22.2 Å². The van der Waals surface area contributed by atoms with Crippen LogP contribution in [0.25, 0.3) is 0 Å². The van der Waals surface area contributed by atoms with Gasteiger partial charge < -0.3 is 9.47 Å². The first-order valence-corrected chi connectivity index (χ1v) is 4.66. The molecule has 0 bridgehead atoms. The molecule has 0 aromatic heterocycles. The topological polar surface area (TPSA) is 42.2 Å². The number of halogens is 1. The van der Waals surface area contributed by atoms with Gasteiger partial charge in [0.1, 0.15) is 0 Å². The molecule has 0 radical (unpaired) electrons. The Hall–Kier alpha value is -1.40. The van der Waals surface area contributed by atoms with Crippen LogP contribution in [0.3, 0.4) is 0 Å². The van der Waals surface area contributed by atoms with Crippen LogP contribution >= 0.6 is 11.6 Å². The average molecular weight is 210 g/mol. The van der Waals surface area contributed by atoms with Crippen LogP contribution in [0.4, 0.5) is 0 Å². The van der Waals surface area contributed by atoms with Gasteiger partial charge in [-0.2, -0.15) is 5.26 Å². The average Bonchev–Trinajstić information content (AvgIpc) is 2.65. The first-order chi connectivity index (χ1) is 6.77. The summed E-state index contributed by atoms with van der Waals surface area (Å²) in [4.78, 5) is 0. The van der Waals surface area contributed by atoms with Crippen molar-refractivity contribution in [1.82, 2.24) is 0 Å². The van der Waals surface area contributed by atoms with E-state index in [2.05, 4.69) is 6.07 Å². The highest BCUT2D eigenvalue weighted by molar-refractivity contribution is 6.33. The molecule has 1 heterocycles. The van der Waals surface area contributed by atoms with Crippen LogP contribution in [0.1, 0.15) is 18.1 Å². The number of nitriles is 1. The molecule has 1 aromatic carbocycles. The zero-order valence-corrected chi connectivity index (χ0v) is 8.39. The molecule has 0 unspecified atom stereocenters. The zero-order valence-electron chi connectivity index (χ0n) is 7.63. The van der Waals surface area contributed by atoms with Crippen molar-refractivity contribution >= 4 is 11.6 Å². The van der Waals surface area contributed by atoms with Crippen molar-refractivity contribution in [3.8, 4) is 17.6 Å². The van der Waals surface area contributed by atoms with Crippen LogP contribution in [-0.2, 0) is 6.42 Å². The van der Waals surface area contributed by atoms with Crippen molar-refractivity contribution < 1.29 is 9.47 Å². The second-order valence-electron chi connectivity index (χ2n) is 2.92. The maximum absolute atomic E-state index is 8.90. The van der Waals surface area contributed by atoms with Gasteiger partial charge in [-0.3, -0.25) is 0 Å². The lowest BCUT2D eigenvalue weighted by Crippen LogP contribution is -1.93. The summed E-state index contributed by atoms with van der Waals surface area (Å²) < 4.78 is 10.4. The first-order valence-electron chi connectivity index (χ1n) is 4.29. The van der Waals surface area contributed by atoms with Gasteiger partial charge in [0, 0.05) is 6.07 Å². The van der Waals surface area contributed by atoms with E-state index in [1.807, 2.05) is 6.92 Å².